The molecule has 0 saturated carbocycles. The zero-order valence-electron chi connectivity index (χ0n) is 22.2. The van der Waals surface area contributed by atoms with Crippen molar-refractivity contribution in [1.82, 2.24) is 14.7 Å². The van der Waals surface area contributed by atoms with Crippen molar-refractivity contribution in [2.24, 2.45) is 0 Å². The summed E-state index contributed by atoms with van der Waals surface area (Å²) in [6.07, 6.45) is 3.36. The van der Waals surface area contributed by atoms with Gasteiger partial charge in [-0.3, -0.25) is 14.5 Å². The van der Waals surface area contributed by atoms with E-state index in [0.29, 0.717) is 31.8 Å². The Hall–Kier alpha value is -2.94. The largest absolute Gasteiger partial charge is 0.492 e. The van der Waals surface area contributed by atoms with E-state index in [1.807, 2.05) is 53.4 Å². The van der Waals surface area contributed by atoms with Gasteiger partial charge in [-0.25, -0.2) is 0 Å². The van der Waals surface area contributed by atoms with Crippen LogP contribution in [0.1, 0.15) is 35.2 Å². The predicted octanol–water partition coefficient (Wildman–Crippen LogP) is 3.12. The summed E-state index contributed by atoms with van der Waals surface area (Å²) in [5, 5.41) is 0. The molecule has 2 aromatic rings. The number of para-hydroxylation sites is 1. The van der Waals surface area contributed by atoms with Crippen LogP contribution in [0.15, 0.2) is 48.5 Å². The van der Waals surface area contributed by atoms with Crippen molar-refractivity contribution in [1.29, 1.82) is 0 Å². The Balaban J connectivity index is 1.53. The third-order valence-electron chi connectivity index (χ3n) is 7.13. The maximum absolute atomic E-state index is 13.8. The Bertz CT molecular complexity index is 1040. The molecule has 37 heavy (non-hydrogen) atoms. The Morgan fingerprint density at radius 1 is 0.892 bits per heavy atom. The van der Waals surface area contributed by atoms with Crippen LogP contribution in [0.25, 0.3) is 0 Å². The number of rotatable bonds is 7. The molecular weight excluding hydrogens is 468 g/mol. The summed E-state index contributed by atoms with van der Waals surface area (Å²) in [6, 6.07) is 15.4. The van der Waals surface area contributed by atoms with E-state index >= 15 is 0 Å². The van der Waals surface area contributed by atoms with Gasteiger partial charge in [0.2, 0.25) is 0 Å². The number of fused-ring (bicyclic) bond motifs is 1. The van der Waals surface area contributed by atoms with Gasteiger partial charge in [0.15, 0.2) is 0 Å². The van der Waals surface area contributed by atoms with Gasteiger partial charge in [0, 0.05) is 51.1 Å². The summed E-state index contributed by atoms with van der Waals surface area (Å²) in [4.78, 5) is 35.0. The van der Waals surface area contributed by atoms with Gasteiger partial charge in [-0.05, 0) is 75.8 Å². The molecule has 2 aromatic carbocycles. The quantitative estimate of drug-likeness (QED) is 0.573. The van der Waals surface area contributed by atoms with Gasteiger partial charge >= 0.3 is 0 Å². The fourth-order valence-electron chi connectivity index (χ4n) is 5.05. The number of methoxy groups -OCH3 is 1. The number of anilines is 1. The number of nitrogens with zero attached hydrogens (tertiary/aromatic N) is 4. The summed E-state index contributed by atoms with van der Waals surface area (Å²) < 4.78 is 11.2. The van der Waals surface area contributed by atoms with E-state index in [2.05, 4.69) is 16.8 Å². The van der Waals surface area contributed by atoms with Gasteiger partial charge in [0.05, 0.1) is 0 Å². The van der Waals surface area contributed by atoms with Gasteiger partial charge < -0.3 is 24.2 Å². The van der Waals surface area contributed by atoms with Crippen molar-refractivity contribution in [3.05, 3.63) is 59.7 Å². The van der Waals surface area contributed by atoms with E-state index in [1.165, 1.54) is 20.0 Å². The predicted molar refractivity (Wildman–Crippen MR) is 145 cm³/mol. The maximum atomic E-state index is 13.8. The van der Waals surface area contributed by atoms with Crippen LogP contribution in [0.3, 0.4) is 0 Å². The number of carbonyl (C=O) groups is 2. The standard InChI is InChI=1S/C29H40N4O4/c1-30-13-8-16-33(28(34)23-36-2)27-12-4-3-9-25(27)22-32(18-17-30)29(35)24-10-7-11-26(21-24)37-20-19-31-14-5-6-15-31/h3-4,7,9-12,21H,5-6,8,13-20,22-23H2,1-2H3. The topological polar surface area (TPSA) is 65.6 Å². The van der Waals surface area contributed by atoms with Crippen LogP contribution < -0.4 is 9.64 Å². The lowest BCUT2D eigenvalue weighted by atomic mass is 10.1. The van der Waals surface area contributed by atoms with E-state index < -0.39 is 0 Å². The summed E-state index contributed by atoms with van der Waals surface area (Å²) in [6.45, 7) is 7.04. The number of carbonyl (C=O) groups excluding carboxylic acids is 2. The SMILES string of the molecule is COCC(=O)N1CCCN(C)CCN(C(=O)c2cccc(OCCN3CCCC3)c2)Cc2ccccc21. The monoisotopic (exact) mass is 508 g/mol. The molecule has 0 spiro atoms. The molecule has 2 aliphatic heterocycles. The summed E-state index contributed by atoms with van der Waals surface area (Å²) in [5.41, 5.74) is 2.40. The molecule has 8 heteroatoms. The zero-order chi connectivity index (χ0) is 26.0. The number of hydrogen-bond donors (Lipinski definition) is 0. The fourth-order valence-corrected chi connectivity index (χ4v) is 5.05. The molecule has 0 N–H and O–H groups in total. The van der Waals surface area contributed by atoms with E-state index in [9.17, 15) is 9.59 Å². The van der Waals surface area contributed by atoms with Crippen LogP contribution in [-0.4, -0.2) is 99.7 Å². The maximum Gasteiger partial charge on any atom is 0.254 e. The molecule has 0 radical (unpaired) electrons. The molecule has 200 valence electrons. The Morgan fingerprint density at radius 2 is 1.70 bits per heavy atom. The molecule has 4 rings (SSSR count). The Morgan fingerprint density at radius 3 is 2.51 bits per heavy atom. The van der Waals surface area contributed by atoms with Crippen LogP contribution in [0.5, 0.6) is 5.75 Å². The molecule has 0 unspecified atom stereocenters. The van der Waals surface area contributed by atoms with Crippen molar-refractivity contribution in [2.75, 3.05) is 78.1 Å². The van der Waals surface area contributed by atoms with Crippen molar-refractivity contribution >= 4 is 17.5 Å². The van der Waals surface area contributed by atoms with Crippen molar-refractivity contribution in [3.8, 4) is 5.75 Å². The normalized spacial score (nSPS) is 17.8. The average Bonchev–Trinajstić information content (AvgIpc) is 3.42. The highest BCUT2D eigenvalue weighted by Gasteiger charge is 2.24. The highest BCUT2D eigenvalue weighted by molar-refractivity contribution is 5.96. The van der Waals surface area contributed by atoms with Gasteiger partial charge in [-0.1, -0.05) is 24.3 Å². The summed E-state index contributed by atoms with van der Waals surface area (Å²) in [5.74, 6) is 0.604. The van der Waals surface area contributed by atoms with Gasteiger partial charge in [-0.15, -0.1) is 0 Å². The second-order valence-corrected chi connectivity index (χ2v) is 9.92. The van der Waals surface area contributed by atoms with E-state index in [1.54, 1.807) is 4.90 Å². The lowest BCUT2D eigenvalue weighted by Crippen LogP contribution is -2.37. The summed E-state index contributed by atoms with van der Waals surface area (Å²) in [7, 11) is 3.60. The highest BCUT2D eigenvalue weighted by atomic mass is 16.5. The number of likely N-dealkylation sites (N-methyl/N-ethyl adjacent to an activating group) is 1. The lowest BCUT2D eigenvalue weighted by Gasteiger charge is -2.28. The van der Waals surface area contributed by atoms with Crippen LogP contribution in [0.2, 0.25) is 0 Å². The number of hydrogen-bond acceptors (Lipinski definition) is 6. The van der Waals surface area contributed by atoms with Crippen LogP contribution >= 0.6 is 0 Å². The second-order valence-electron chi connectivity index (χ2n) is 9.92. The van der Waals surface area contributed by atoms with Gasteiger partial charge in [0.1, 0.15) is 19.0 Å². The molecule has 2 heterocycles. The number of amides is 2. The van der Waals surface area contributed by atoms with Crippen LogP contribution in [0.4, 0.5) is 5.69 Å². The molecule has 0 atom stereocenters. The zero-order valence-corrected chi connectivity index (χ0v) is 22.2. The average molecular weight is 509 g/mol. The smallest absolute Gasteiger partial charge is 0.254 e. The first kappa shape index (κ1) is 27.1. The third-order valence-corrected chi connectivity index (χ3v) is 7.13. The molecule has 0 aliphatic carbocycles. The van der Waals surface area contributed by atoms with E-state index in [4.69, 9.17) is 9.47 Å². The Labute approximate surface area is 220 Å². The molecular formula is C29H40N4O4. The third kappa shape index (κ3) is 7.53. The Kier molecular flexibility index (Phi) is 9.93. The molecule has 0 bridgehead atoms. The first-order valence-electron chi connectivity index (χ1n) is 13.4. The minimum atomic E-state index is -0.0755. The first-order chi connectivity index (χ1) is 18.0. The van der Waals surface area contributed by atoms with Crippen LogP contribution in [-0.2, 0) is 16.1 Å². The van der Waals surface area contributed by atoms with Crippen LogP contribution in [0, 0.1) is 0 Å². The number of benzene rings is 2. The summed E-state index contributed by atoms with van der Waals surface area (Å²) >= 11 is 0. The molecule has 2 aliphatic rings. The fraction of sp³-hybridized carbons (Fsp3) is 0.517. The van der Waals surface area contributed by atoms with Crippen molar-refractivity contribution < 1.29 is 19.1 Å². The number of ether oxygens (including phenoxy) is 2. The van der Waals surface area contributed by atoms with E-state index in [0.717, 1.165) is 56.1 Å². The molecule has 8 nitrogen and oxygen atoms in total. The van der Waals surface area contributed by atoms with E-state index in [-0.39, 0.29) is 18.4 Å². The minimum Gasteiger partial charge on any atom is -0.492 e. The molecule has 2 amide bonds. The van der Waals surface area contributed by atoms with Crippen molar-refractivity contribution in [3.63, 3.8) is 0 Å². The first-order valence-corrected chi connectivity index (χ1v) is 13.4. The van der Waals surface area contributed by atoms with Gasteiger partial charge in [-0.2, -0.15) is 0 Å². The lowest BCUT2D eigenvalue weighted by molar-refractivity contribution is -0.122. The minimum absolute atomic E-state index is 0.0252. The van der Waals surface area contributed by atoms with Gasteiger partial charge in [0.25, 0.3) is 11.8 Å². The molecule has 1 saturated heterocycles. The highest BCUT2D eigenvalue weighted by Crippen LogP contribution is 2.25. The van der Waals surface area contributed by atoms with Crippen molar-refractivity contribution in [2.45, 2.75) is 25.8 Å². The molecule has 1 fully saturated rings. The number of likely N-dealkylation sites (tertiary alicyclic amines) is 1. The molecule has 0 aromatic heterocycles. The second kappa shape index (κ2) is 13.6.